The van der Waals surface area contributed by atoms with Gasteiger partial charge in [0.1, 0.15) is 5.69 Å². The first kappa shape index (κ1) is 15.3. The molecule has 0 saturated carbocycles. The van der Waals surface area contributed by atoms with Crippen molar-refractivity contribution < 1.29 is 43.5 Å². The molecule has 0 aliphatic rings. The van der Waals surface area contributed by atoms with Crippen LogP contribution in [0.15, 0.2) is 34.3 Å². The Balaban J connectivity index is 0.00000196. The molecule has 1 aromatic rings. The Morgan fingerprint density at radius 3 is 2.60 bits per heavy atom. The third-order valence-electron chi connectivity index (χ3n) is 1.35. The number of halogens is 1. The molecule has 1 rings (SSSR count). The first-order valence-corrected chi connectivity index (χ1v) is 5.47. The predicted octanol–water partition coefficient (Wildman–Crippen LogP) is -0.458. The Morgan fingerprint density at radius 1 is 1.47 bits per heavy atom. The van der Waals surface area contributed by atoms with Crippen LogP contribution in [0, 0.1) is 0 Å². The van der Waals surface area contributed by atoms with Crippen molar-refractivity contribution >= 4 is 25.0 Å². The van der Waals surface area contributed by atoms with Gasteiger partial charge in [-0.15, -0.1) is 10.00 Å². The third-order valence-corrected chi connectivity index (χ3v) is 2.43. The maximum atomic E-state index is 10.8. The zero-order valence-electron chi connectivity index (χ0n) is 8.25. The van der Waals surface area contributed by atoms with Gasteiger partial charge in [-0.3, -0.25) is 4.57 Å². The molecule has 0 N–H and O–H groups in total. The monoisotopic (exact) mass is 256 g/mol. The van der Waals surface area contributed by atoms with Crippen LogP contribution in [-0.2, 0) is 9.09 Å². The van der Waals surface area contributed by atoms with Gasteiger partial charge >= 0.3 is 29.6 Å². The second kappa shape index (κ2) is 6.76. The second-order valence-corrected chi connectivity index (χ2v) is 4.18. The SMILES string of the molecule is COP(=O)([O-])N=Nc1ccccc1Cl.[Na+]. The molecular weight excluding hydrogens is 250 g/mol. The molecule has 15 heavy (non-hydrogen) atoms. The van der Waals surface area contributed by atoms with Crippen molar-refractivity contribution in [3.05, 3.63) is 29.3 Å². The van der Waals surface area contributed by atoms with Gasteiger partial charge < -0.3 is 9.42 Å². The Bertz CT molecular complexity index is 402. The van der Waals surface area contributed by atoms with Crippen molar-refractivity contribution in [2.24, 2.45) is 10.00 Å². The van der Waals surface area contributed by atoms with Crippen molar-refractivity contribution in [3.8, 4) is 0 Å². The second-order valence-electron chi connectivity index (χ2n) is 2.29. The maximum absolute atomic E-state index is 10.8. The number of benzene rings is 1. The van der Waals surface area contributed by atoms with Crippen molar-refractivity contribution in [1.29, 1.82) is 0 Å². The van der Waals surface area contributed by atoms with E-state index in [-0.39, 0.29) is 35.2 Å². The summed E-state index contributed by atoms with van der Waals surface area (Å²) in [5.74, 6) is 0. The van der Waals surface area contributed by atoms with Gasteiger partial charge in [0, 0.05) is 7.11 Å². The van der Waals surface area contributed by atoms with E-state index in [9.17, 15) is 9.46 Å². The van der Waals surface area contributed by atoms with E-state index in [0.717, 1.165) is 7.11 Å². The van der Waals surface area contributed by atoms with Crippen LogP contribution >= 0.6 is 19.3 Å². The third kappa shape index (κ3) is 5.22. The molecule has 1 atom stereocenters. The van der Waals surface area contributed by atoms with Gasteiger partial charge in [0.05, 0.1) is 5.02 Å². The minimum absolute atomic E-state index is 0. The molecule has 1 unspecified atom stereocenters. The normalized spacial score (nSPS) is 14.6. The maximum Gasteiger partial charge on any atom is 1.00 e. The van der Waals surface area contributed by atoms with E-state index < -0.39 is 7.75 Å². The zero-order valence-corrected chi connectivity index (χ0v) is 11.9. The number of hydrogen-bond donors (Lipinski definition) is 0. The largest absolute Gasteiger partial charge is 1.00 e. The summed E-state index contributed by atoms with van der Waals surface area (Å²) in [4.78, 5) is 13.8. The van der Waals surface area contributed by atoms with Crippen molar-refractivity contribution in [3.63, 3.8) is 0 Å². The van der Waals surface area contributed by atoms with Gasteiger partial charge in [0.15, 0.2) is 0 Å². The fraction of sp³-hybridized carbons (Fsp3) is 0.143. The molecule has 0 aromatic heterocycles. The molecule has 76 valence electrons. The standard InChI is InChI=1S/C7H8ClN2O3P.Na/c1-13-14(11,12)10-9-7-5-3-2-4-6(7)8;/h2-5H,1H3,(H,11,12);/q;+1/p-1. The summed E-state index contributed by atoms with van der Waals surface area (Å²) in [6.45, 7) is 0. The first-order chi connectivity index (χ1) is 6.55. The van der Waals surface area contributed by atoms with Crippen LogP contribution in [0.2, 0.25) is 5.02 Å². The minimum atomic E-state index is -4.21. The van der Waals surface area contributed by atoms with E-state index in [1.54, 1.807) is 24.3 Å². The van der Waals surface area contributed by atoms with E-state index in [1.165, 1.54) is 0 Å². The van der Waals surface area contributed by atoms with Gasteiger partial charge in [-0.25, -0.2) is 0 Å². The Labute approximate surface area is 114 Å². The Hall–Kier alpha value is 0.260. The fourth-order valence-corrected chi connectivity index (χ4v) is 1.12. The number of rotatable bonds is 3. The molecule has 5 nitrogen and oxygen atoms in total. The van der Waals surface area contributed by atoms with Crippen LogP contribution in [0.5, 0.6) is 0 Å². The summed E-state index contributed by atoms with van der Waals surface area (Å²) >= 11 is 5.71. The molecule has 0 spiro atoms. The number of nitrogens with zero attached hydrogens (tertiary/aromatic N) is 2. The van der Waals surface area contributed by atoms with E-state index in [1.807, 2.05) is 0 Å². The molecule has 0 fully saturated rings. The average Bonchev–Trinajstić information content (AvgIpc) is 2.17. The smallest absolute Gasteiger partial charge is 0.759 e. The van der Waals surface area contributed by atoms with E-state index in [0.29, 0.717) is 5.02 Å². The average molecular weight is 257 g/mol. The summed E-state index contributed by atoms with van der Waals surface area (Å²) in [5.41, 5.74) is 0.280. The Kier molecular flexibility index (Phi) is 6.88. The quantitative estimate of drug-likeness (QED) is 0.417. The van der Waals surface area contributed by atoms with Gasteiger partial charge in [-0.1, -0.05) is 23.7 Å². The summed E-state index contributed by atoms with van der Waals surface area (Å²) < 4.78 is 14.9. The molecule has 8 heteroatoms. The molecule has 0 saturated heterocycles. The van der Waals surface area contributed by atoms with Crippen molar-refractivity contribution in [2.75, 3.05) is 7.11 Å². The van der Waals surface area contributed by atoms with Crippen molar-refractivity contribution in [2.45, 2.75) is 0 Å². The first-order valence-electron chi connectivity index (χ1n) is 3.60. The van der Waals surface area contributed by atoms with Crippen molar-refractivity contribution in [1.82, 2.24) is 0 Å². The topological polar surface area (TPSA) is 74.1 Å². The van der Waals surface area contributed by atoms with E-state index in [2.05, 4.69) is 14.5 Å². The molecule has 0 heterocycles. The summed E-state index contributed by atoms with van der Waals surface area (Å²) in [5, 5.41) is 3.77. The predicted molar refractivity (Wildman–Crippen MR) is 50.6 cm³/mol. The summed E-state index contributed by atoms with van der Waals surface area (Å²) in [6, 6.07) is 6.50. The van der Waals surface area contributed by atoms with Gasteiger partial charge in [-0.05, 0) is 12.1 Å². The summed E-state index contributed by atoms with van der Waals surface area (Å²) in [6.07, 6.45) is 0. The minimum Gasteiger partial charge on any atom is -0.759 e. The fourth-order valence-electron chi connectivity index (χ4n) is 0.672. The number of hydrogen-bond acceptors (Lipinski definition) is 4. The van der Waals surface area contributed by atoms with E-state index >= 15 is 0 Å². The van der Waals surface area contributed by atoms with Crippen LogP contribution in [0.4, 0.5) is 5.69 Å². The Morgan fingerprint density at radius 2 is 2.07 bits per heavy atom. The van der Waals surface area contributed by atoms with Gasteiger partial charge in [0.25, 0.3) is 7.75 Å². The zero-order chi connectivity index (χ0) is 10.6. The molecule has 0 radical (unpaired) electrons. The summed E-state index contributed by atoms with van der Waals surface area (Å²) in [7, 11) is -3.20. The molecule has 1 aromatic carbocycles. The molecule has 0 amide bonds. The van der Waals surface area contributed by atoms with Crippen LogP contribution < -0.4 is 34.5 Å². The van der Waals surface area contributed by atoms with Crippen LogP contribution in [-0.4, -0.2) is 7.11 Å². The van der Waals surface area contributed by atoms with Crippen LogP contribution in [0.1, 0.15) is 0 Å². The molecule has 0 aliphatic carbocycles. The van der Waals surface area contributed by atoms with Gasteiger partial charge in [-0.2, -0.15) is 0 Å². The molecule has 0 bridgehead atoms. The van der Waals surface area contributed by atoms with E-state index in [4.69, 9.17) is 11.6 Å². The van der Waals surface area contributed by atoms with Gasteiger partial charge in [0.2, 0.25) is 0 Å². The molecule has 0 aliphatic heterocycles. The van der Waals surface area contributed by atoms with Crippen LogP contribution in [0.3, 0.4) is 0 Å². The molecular formula is C7H7ClN2NaO3P. The van der Waals surface area contributed by atoms with Crippen LogP contribution in [0.25, 0.3) is 0 Å².